The van der Waals surface area contributed by atoms with Crippen LogP contribution in [0.15, 0.2) is 36.5 Å². The summed E-state index contributed by atoms with van der Waals surface area (Å²) in [6, 6.07) is 8.99. The first-order valence-electron chi connectivity index (χ1n) is 8.67. The fourth-order valence-corrected chi connectivity index (χ4v) is 3.15. The summed E-state index contributed by atoms with van der Waals surface area (Å²) in [5.74, 6) is -1.75. The average Bonchev–Trinajstić information content (AvgIpc) is 3.10. The third-order valence-electron chi connectivity index (χ3n) is 4.56. The second-order valence-corrected chi connectivity index (χ2v) is 6.51. The van der Waals surface area contributed by atoms with Crippen molar-refractivity contribution in [2.24, 2.45) is 0 Å². The maximum atomic E-state index is 12.9. The normalized spacial score (nSPS) is 11.9. The number of fused-ring (bicyclic) bond motifs is 2. The lowest BCUT2D eigenvalue weighted by Gasteiger charge is -2.12. The standard InChI is InChI=1S/C19H15F3N6O/c1-10-13(11(2)28-18(24-10)26-17(27-28)19(20,21)22)9-16(29)25-15-7-3-6-14-12(15)5-4-8-23-14/h3-8H,9H2,1-2H3,(H,25,29). The van der Waals surface area contributed by atoms with E-state index in [-0.39, 0.29) is 18.1 Å². The summed E-state index contributed by atoms with van der Waals surface area (Å²) in [7, 11) is 0. The van der Waals surface area contributed by atoms with E-state index in [0.29, 0.717) is 22.6 Å². The van der Waals surface area contributed by atoms with E-state index in [0.717, 1.165) is 15.4 Å². The molecule has 3 heterocycles. The number of rotatable bonds is 3. The molecule has 0 unspecified atom stereocenters. The van der Waals surface area contributed by atoms with E-state index >= 15 is 0 Å². The van der Waals surface area contributed by atoms with Crippen LogP contribution in [-0.2, 0) is 17.4 Å². The number of aromatic nitrogens is 5. The van der Waals surface area contributed by atoms with E-state index in [1.54, 1.807) is 38.2 Å². The zero-order chi connectivity index (χ0) is 20.8. The zero-order valence-corrected chi connectivity index (χ0v) is 15.4. The van der Waals surface area contributed by atoms with Gasteiger partial charge in [-0.15, -0.1) is 5.10 Å². The molecule has 0 aliphatic heterocycles. The van der Waals surface area contributed by atoms with Crippen LogP contribution in [0.3, 0.4) is 0 Å². The van der Waals surface area contributed by atoms with E-state index in [1.807, 2.05) is 12.1 Å². The number of halogens is 3. The molecule has 10 heteroatoms. The lowest BCUT2D eigenvalue weighted by molar-refractivity contribution is -0.144. The molecule has 7 nitrogen and oxygen atoms in total. The first kappa shape index (κ1) is 18.8. The average molecular weight is 400 g/mol. The number of hydrogen-bond donors (Lipinski definition) is 1. The van der Waals surface area contributed by atoms with Crippen molar-refractivity contribution in [1.29, 1.82) is 0 Å². The molecule has 3 aromatic heterocycles. The molecule has 0 bridgehead atoms. The highest BCUT2D eigenvalue weighted by Gasteiger charge is 2.37. The fraction of sp³-hybridized carbons (Fsp3) is 0.211. The zero-order valence-electron chi connectivity index (χ0n) is 15.4. The van der Waals surface area contributed by atoms with Crippen LogP contribution in [0, 0.1) is 13.8 Å². The largest absolute Gasteiger partial charge is 0.453 e. The summed E-state index contributed by atoms with van der Waals surface area (Å²) in [5, 5.41) is 7.12. The molecular formula is C19H15F3N6O. The summed E-state index contributed by atoms with van der Waals surface area (Å²) in [4.78, 5) is 24.4. The molecule has 148 valence electrons. The van der Waals surface area contributed by atoms with Crippen LogP contribution in [0.4, 0.5) is 18.9 Å². The van der Waals surface area contributed by atoms with Crippen LogP contribution in [-0.4, -0.2) is 30.5 Å². The minimum Gasteiger partial charge on any atom is -0.325 e. The quantitative estimate of drug-likeness (QED) is 0.569. The molecule has 0 aliphatic rings. The van der Waals surface area contributed by atoms with Crippen molar-refractivity contribution in [3.63, 3.8) is 0 Å². The number of benzene rings is 1. The van der Waals surface area contributed by atoms with Gasteiger partial charge < -0.3 is 5.32 Å². The van der Waals surface area contributed by atoms with Crippen molar-refractivity contribution in [1.82, 2.24) is 24.6 Å². The van der Waals surface area contributed by atoms with Crippen molar-refractivity contribution in [2.45, 2.75) is 26.4 Å². The van der Waals surface area contributed by atoms with Crippen molar-refractivity contribution in [2.75, 3.05) is 5.32 Å². The Bertz CT molecular complexity index is 1240. The van der Waals surface area contributed by atoms with E-state index in [1.165, 1.54) is 0 Å². The van der Waals surface area contributed by atoms with Gasteiger partial charge in [-0.2, -0.15) is 18.2 Å². The third-order valence-corrected chi connectivity index (χ3v) is 4.56. The van der Waals surface area contributed by atoms with Gasteiger partial charge in [-0.1, -0.05) is 6.07 Å². The van der Waals surface area contributed by atoms with Crippen molar-refractivity contribution in [3.05, 3.63) is 59.3 Å². The summed E-state index contributed by atoms with van der Waals surface area (Å²) in [6.45, 7) is 3.21. The first-order chi connectivity index (χ1) is 13.7. The molecule has 1 amide bonds. The maximum absolute atomic E-state index is 12.9. The molecule has 4 aromatic rings. The summed E-state index contributed by atoms with van der Waals surface area (Å²) in [6.07, 6.45) is -3.08. The molecule has 0 atom stereocenters. The number of aryl methyl sites for hydroxylation is 2. The maximum Gasteiger partial charge on any atom is 0.453 e. The van der Waals surface area contributed by atoms with Crippen LogP contribution >= 0.6 is 0 Å². The Morgan fingerprint density at radius 2 is 1.93 bits per heavy atom. The van der Waals surface area contributed by atoms with Gasteiger partial charge in [0.05, 0.1) is 17.6 Å². The predicted molar refractivity (Wildman–Crippen MR) is 99.3 cm³/mol. The van der Waals surface area contributed by atoms with Gasteiger partial charge in [0.1, 0.15) is 0 Å². The van der Waals surface area contributed by atoms with Gasteiger partial charge in [-0.25, -0.2) is 9.50 Å². The summed E-state index contributed by atoms with van der Waals surface area (Å²) < 4.78 is 39.7. The molecule has 4 rings (SSSR count). The van der Waals surface area contributed by atoms with Crippen molar-refractivity contribution in [3.8, 4) is 0 Å². The number of alkyl halides is 3. The molecule has 0 saturated heterocycles. The number of hydrogen-bond acceptors (Lipinski definition) is 5. The molecule has 0 spiro atoms. The molecule has 29 heavy (non-hydrogen) atoms. The Hall–Kier alpha value is -3.56. The number of anilines is 1. The van der Waals surface area contributed by atoms with Gasteiger partial charge in [0.2, 0.25) is 5.91 Å². The molecular weight excluding hydrogens is 385 g/mol. The molecule has 1 N–H and O–H groups in total. The third kappa shape index (κ3) is 3.48. The fourth-order valence-electron chi connectivity index (χ4n) is 3.15. The van der Waals surface area contributed by atoms with E-state index in [9.17, 15) is 18.0 Å². The SMILES string of the molecule is Cc1nc2nc(C(F)(F)F)nn2c(C)c1CC(=O)Nc1cccc2ncccc12. The number of carbonyl (C=O) groups excluding carboxylic acids is 1. The molecule has 1 aromatic carbocycles. The second kappa shape index (κ2) is 6.80. The Labute approximate surface area is 162 Å². The minimum atomic E-state index is -4.67. The summed E-state index contributed by atoms with van der Waals surface area (Å²) in [5.41, 5.74) is 2.64. The van der Waals surface area contributed by atoms with Crippen molar-refractivity contribution >= 4 is 28.3 Å². The second-order valence-electron chi connectivity index (χ2n) is 6.51. The Kier molecular flexibility index (Phi) is 4.40. The topological polar surface area (TPSA) is 85.1 Å². The molecule has 0 aliphatic carbocycles. The molecule has 0 radical (unpaired) electrons. The van der Waals surface area contributed by atoms with Gasteiger partial charge in [0, 0.05) is 28.5 Å². The van der Waals surface area contributed by atoms with Gasteiger partial charge in [-0.05, 0) is 38.1 Å². The van der Waals surface area contributed by atoms with Gasteiger partial charge in [-0.3, -0.25) is 9.78 Å². The highest BCUT2D eigenvalue weighted by atomic mass is 19.4. The number of nitrogens with one attached hydrogen (secondary N) is 1. The van der Waals surface area contributed by atoms with E-state index in [4.69, 9.17) is 0 Å². The smallest absolute Gasteiger partial charge is 0.325 e. The first-order valence-corrected chi connectivity index (χ1v) is 8.67. The highest BCUT2D eigenvalue weighted by Crippen LogP contribution is 2.27. The molecule has 0 fully saturated rings. The van der Waals surface area contributed by atoms with Crippen LogP contribution in [0.2, 0.25) is 0 Å². The number of amides is 1. The number of carbonyl (C=O) groups is 1. The summed E-state index contributed by atoms with van der Waals surface area (Å²) >= 11 is 0. The monoisotopic (exact) mass is 400 g/mol. The van der Waals surface area contributed by atoms with Crippen LogP contribution in [0.1, 0.15) is 22.8 Å². The number of pyridine rings is 1. The van der Waals surface area contributed by atoms with Gasteiger partial charge in [0.25, 0.3) is 11.6 Å². The van der Waals surface area contributed by atoms with Crippen LogP contribution in [0.5, 0.6) is 0 Å². The molecule has 0 saturated carbocycles. The Morgan fingerprint density at radius 3 is 2.69 bits per heavy atom. The van der Waals surface area contributed by atoms with E-state index in [2.05, 4.69) is 25.4 Å². The Balaban J connectivity index is 1.65. The number of nitrogens with zero attached hydrogens (tertiary/aromatic N) is 5. The predicted octanol–water partition coefficient (Wildman–Crippen LogP) is 3.49. The Morgan fingerprint density at radius 1 is 1.14 bits per heavy atom. The minimum absolute atomic E-state index is 0.0710. The van der Waals surface area contributed by atoms with Gasteiger partial charge >= 0.3 is 6.18 Å². The van der Waals surface area contributed by atoms with Gasteiger partial charge in [0.15, 0.2) is 0 Å². The lowest BCUT2D eigenvalue weighted by atomic mass is 10.1. The van der Waals surface area contributed by atoms with Crippen LogP contribution < -0.4 is 5.32 Å². The van der Waals surface area contributed by atoms with Crippen LogP contribution in [0.25, 0.3) is 16.7 Å². The lowest BCUT2D eigenvalue weighted by Crippen LogP contribution is -2.18. The van der Waals surface area contributed by atoms with Crippen molar-refractivity contribution < 1.29 is 18.0 Å². The van der Waals surface area contributed by atoms with E-state index < -0.39 is 12.0 Å². The highest BCUT2D eigenvalue weighted by molar-refractivity contribution is 6.01.